The molecule has 1 amide bonds. The normalized spacial score (nSPS) is 19.5. The van der Waals surface area contributed by atoms with Crippen LogP contribution in [0.2, 0.25) is 0 Å². The van der Waals surface area contributed by atoms with E-state index in [2.05, 4.69) is 11.4 Å². The van der Waals surface area contributed by atoms with Gasteiger partial charge in [0.1, 0.15) is 5.60 Å². The van der Waals surface area contributed by atoms with Crippen molar-refractivity contribution in [2.24, 2.45) is 5.92 Å². The van der Waals surface area contributed by atoms with E-state index in [4.69, 9.17) is 4.74 Å². The number of hydrogen-bond acceptors (Lipinski definition) is 4. The van der Waals surface area contributed by atoms with Crippen LogP contribution in [-0.2, 0) is 14.3 Å². The summed E-state index contributed by atoms with van der Waals surface area (Å²) in [6.45, 7) is 12.8. The van der Waals surface area contributed by atoms with Gasteiger partial charge in [0.05, 0.1) is 12.0 Å². The van der Waals surface area contributed by atoms with Crippen LogP contribution in [-0.4, -0.2) is 41.5 Å². The van der Waals surface area contributed by atoms with Crippen LogP contribution < -0.4 is 5.32 Å². The van der Waals surface area contributed by atoms with E-state index >= 15 is 0 Å². The first-order valence-electron chi connectivity index (χ1n) is 8.92. The minimum absolute atomic E-state index is 0.0446. The molecule has 5 nitrogen and oxygen atoms in total. The molecule has 0 bridgehead atoms. The van der Waals surface area contributed by atoms with Gasteiger partial charge in [-0.15, -0.1) is 0 Å². The van der Waals surface area contributed by atoms with E-state index in [1.807, 2.05) is 58.6 Å². The van der Waals surface area contributed by atoms with Crippen LogP contribution in [0.15, 0.2) is 18.2 Å². The van der Waals surface area contributed by atoms with Gasteiger partial charge in [0.15, 0.2) is 0 Å². The van der Waals surface area contributed by atoms with E-state index in [0.717, 1.165) is 24.2 Å². The number of carbonyl (C=O) groups excluding carboxylic acids is 2. The Morgan fingerprint density at radius 1 is 1.28 bits per heavy atom. The summed E-state index contributed by atoms with van der Waals surface area (Å²) in [7, 11) is 0. The monoisotopic (exact) mass is 346 g/mol. The molecule has 0 radical (unpaired) electrons. The molecule has 1 aliphatic rings. The van der Waals surface area contributed by atoms with E-state index in [1.54, 1.807) is 0 Å². The van der Waals surface area contributed by atoms with Crippen LogP contribution >= 0.6 is 0 Å². The average molecular weight is 346 g/mol. The van der Waals surface area contributed by atoms with Crippen molar-refractivity contribution in [3.8, 4) is 0 Å². The Kier molecular flexibility index (Phi) is 5.88. The van der Waals surface area contributed by atoms with Gasteiger partial charge in [0.25, 0.3) is 0 Å². The van der Waals surface area contributed by atoms with Crippen molar-refractivity contribution in [1.29, 1.82) is 0 Å². The Morgan fingerprint density at radius 3 is 2.56 bits per heavy atom. The fourth-order valence-corrected chi connectivity index (χ4v) is 3.07. The van der Waals surface area contributed by atoms with Gasteiger partial charge in [-0.3, -0.25) is 14.5 Å². The maximum Gasteiger partial charge on any atom is 0.310 e. The molecule has 25 heavy (non-hydrogen) atoms. The summed E-state index contributed by atoms with van der Waals surface area (Å²) in [5, 5.41) is 3.00. The number of esters is 1. The van der Waals surface area contributed by atoms with Crippen LogP contribution in [0, 0.1) is 19.8 Å². The van der Waals surface area contributed by atoms with Crippen molar-refractivity contribution in [2.45, 2.75) is 59.6 Å². The fraction of sp³-hybridized carbons (Fsp3) is 0.600. The van der Waals surface area contributed by atoms with Crippen molar-refractivity contribution in [3.63, 3.8) is 0 Å². The molecule has 2 atom stereocenters. The molecular formula is C20H30N2O3. The van der Waals surface area contributed by atoms with Crippen LogP contribution in [0.1, 0.15) is 45.2 Å². The molecular weight excluding hydrogens is 316 g/mol. The Balaban J connectivity index is 1.93. The quantitative estimate of drug-likeness (QED) is 0.850. The molecule has 1 N–H and O–H groups in total. The zero-order valence-electron chi connectivity index (χ0n) is 16.2. The first-order chi connectivity index (χ1) is 11.6. The number of nitrogens with zero attached hydrogens (tertiary/aromatic N) is 1. The summed E-state index contributed by atoms with van der Waals surface area (Å²) in [6.07, 6.45) is 0.732. The largest absolute Gasteiger partial charge is 0.460 e. The third-order valence-electron chi connectivity index (χ3n) is 4.53. The fourth-order valence-electron chi connectivity index (χ4n) is 3.07. The molecule has 1 saturated heterocycles. The van der Waals surface area contributed by atoms with Crippen LogP contribution in [0.5, 0.6) is 0 Å². The first-order valence-corrected chi connectivity index (χ1v) is 8.92. The summed E-state index contributed by atoms with van der Waals surface area (Å²) in [4.78, 5) is 26.8. The van der Waals surface area contributed by atoms with Crippen molar-refractivity contribution in [3.05, 3.63) is 29.3 Å². The number of nitrogens with one attached hydrogen (secondary N) is 1. The molecule has 1 heterocycles. The molecule has 0 aromatic heterocycles. The predicted octanol–water partition coefficient (Wildman–Crippen LogP) is 3.29. The summed E-state index contributed by atoms with van der Waals surface area (Å²) in [5.41, 5.74) is 2.58. The molecule has 0 unspecified atom stereocenters. The van der Waals surface area contributed by atoms with Crippen molar-refractivity contribution < 1.29 is 14.3 Å². The SMILES string of the molecule is Cc1ccc(NC(=O)[C@H](C)N2CC[C@@H](C(=O)OC(C)(C)C)C2)c(C)c1. The van der Waals surface area contributed by atoms with Gasteiger partial charge in [0, 0.05) is 12.2 Å². The van der Waals surface area contributed by atoms with Crippen LogP contribution in [0.25, 0.3) is 0 Å². The van der Waals surface area contributed by atoms with Crippen LogP contribution in [0.3, 0.4) is 0 Å². The second-order valence-corrected chi connectivity index (χ2v) is 8.00. The maximum atomic E-state index is 12.6. The molecule has 1 aromatic carbocycles. The number of aryl methyl sites for hydroxylation is 2. The van der Waals surface area contributed by atoms with Crippen LogP contribution in [0.4, 0.5) is 5.69 Å². The molecule has 0 spiro atoms. The highest BCUT2D eigenvalue weighted by Gasteiger charge is 2.35. The lowest BCUT2D eigenvalue weighted by atomic mass is 10.1. The number of benzene rings is 1. The number of anilines is 1. The summed E-state index contributed by atoms with van der Waals surface area (Å²) in [6, 6.07) is 5.69. The van der Waals surface area contributed by atoms with Gasteiger partial charge >= 0.3 is 5.97 Å². The number of carbonyl (C=O) groups is 2. The van der Waals surface area contributed by atoms with Crippen molar-refractivity contribution >= 4 is 17.6 Å². The van der Waals surface area contributed by atoms with E-state index in [0.29, 0.717) is 6.54 Å². The minimum Gasteiger partial charge on any atom is -0.460 e. The molecule has 1 fully saturated rings. The average Bonchev–Trinajstić information content (AvgIpc) is 2.97. The summed E-state index contributed by atoms with van der Waals surface area (Å²) >= 11 is 0. The zero-order valence-corrected chi connectivity index (χ0v) is 16.2. The Morgan fingerprint density at radius 2 is 1.96 bits per heavy atom. The lowest BCUT2D eigenvalue weighted by Crippen LogP contribution is -2.41. The molecule has 1 aliphatic heterocycles. The van der Waals surface area contributed by atoms with Gasteiger partial charge < -0.3 is 10.1 Å². The Labute approximate surface area is 150 Å². The van der Waals surface area contributed by atoms with Gasteiger partial charge in [-0.2, -0.15) is 0 Å². The van der Waals surface area contributed by atoms with Gasteiger partial charge in [-0.05, 0) is 66.1 Å². The van der Waals surface area contributed by atoms with Gasteiger partial charge in [0.2, 0.25) is 5.91 Å². The van der Waals surface area contributed by atoms with Gasteiger partial charge in [-0.25, -0.2) is 0 Å². The number of ether oxygens (including phenoxy) is 1. The van der Waals surface area contributed by atoms with E-state index in [-0.39, 0.29) is 23.8 Å². The summed E-state index contributed by atoms with van der Waals surface area (Å²) < 4.78 is 5.47. The predicted molar refractivity (Wildman–Crippen MR) is 99.5 cm³/mol. The first kappa shape index (κ1) is 19.4. The zero-order chi connectivity index (χ0) is 18.8. The van der Waals surface area contributed by atoms with E-state index in [9.17, 15) is 9.59 Å². The lowest BCUT2D eigenvalue weighted by Gasteiger charge is -2.25. The molecule has 1 aromatic rings. The van der Waals surface area contributed by atoms with Gasteiger partial charge in [-0.1, -0.05) is 17.7 Å². The lowest BCUT2D eigenvalue weighted by molar-refractivity contribution is -0.159. The molecule has 0 saturated carbocycles. The third-order valence-corrected chi connectivity index (χ3v) is 4.53. The second-order valence-electron chi connectivity index (χ2n) is 8.00. The third kappa shape index (κ3) is 5.30. The highest BCUT2D eigenvalue weighted by Crippen LogP contribution is 2.23. The standard InChI is InChI=1S/C20H30N2O3/c1-13-7-8-17(14(2)11-13)21-18(23)15(3)22-10-9-16(12-22)19(24)25-20(4,5)6/h7-8,11,15-16H,9-10,12H2,1-6H3,(H,21,23)/t15-,16+/m0/s1. The number of amides is 1. The number of hydrogen-bond donors (Lipinski definition) is 1. The van der Waals surface area contributed by atoms with Crippen molar-refractivity contribution in [2.75, 3.05) is 18.4 Å². The maximum absolute atomic E-state index is 12.6. The van der Waals surface area contributed by atoms with E-state index in [1.165, 1.54) is 5.56 Å². The topological polar surface area (TPSA) is 58.6 Å². The number of rotatable bonds is 4. The summed E-state index contributed by atoms with van der Waals surface area (Å²) in [5.74, 6) is -0.371. The highest BCUT2D eigenvalue weighted by molar-refractivity contribution is 5.95. The highest BCUT2D eigenvalue weighted by atomic mass is 16.6. The Hall–Kier alpha value is -1.88. The minimum atomic E-state index is -0.476. The molecule has 0 aliphatic carbocycles. The molecule has 138 valence electrons. The van der Waals surface area contributed by atoms with Crippen molar-refractivity contribution in [1.82, 2.24) is 4.90 Å². The van der Waals surface area contributed by atoms with E-state index < -0.39 is 5.60 Å². The number of likely N-dealkylation sites (tertiary alicyclic amines) is 1. The Bertz CT molecular complexity index is 649. The smallest absolute Gasteiger partial charge is 0.310 e. The molecule has 5 heteroatoms. The molecule has 2 rings (SSSR count). The second kappa shape index (κ2) is 7.56.